The Balaban J connectivity index is 4.15. The van der Waals surface area contributed by atoms with E-state index in [4.69, 9.17) is 4.74 Å². The first-order valence-electron chi connectivity index (χ1n) is 7.73. The van der Waals surface area contributed by atoms with Gasteiger partial charge in [-0.25, -0.2) is 9.59 Å². The number of hydrogen-bond acceptors (Lipinski definition) is 6. The van der Waals surface area contributed by atoms with Crippen LogP contribution in [0.25, 0.3) is 0 Å². The van der Waals surface area contributed by atoms with Crippen molar-refractivity contribution >= 4 is 18.0 Å². The van der Waals surface area contributed by atoms with Crippen molar-refractivity contribution in [2.75, 3.05) is 34.5 Å². The average molecular weight is 332 g/mol. The first-order valence-corrected chi connectivity index (χ1v) is 7.73. The van der Waals surface area contributed by atoms with Crippen molar-refractivity contribution in [2.45, 2.75) is 44.6 Å². The van der Waals surface area contributed by atoms with Crippen molar-refractivity contribution in [3.8, 4) is 0 Å². The van der Waals surface area contributed by atoms with Gasteiger partial charge in [0, 0.05) is 26.7 Å². The van der Waals surface area contributed by atoms with Gasteiger partial charge < -0.3 is 24.8 Å². The number of Topliss-reactive ketones (excluding diaryl/α,β-unsaturated/α-hetero) is 1. The van der Waals surface area contributed by atoms with Crippen molar-refractivity contribution in [3.63, 3.8) is 0 Å². The third-order valence-corrected chi connectivity index (χ3v) is 3.26. The topological polar surface area (TPSA) is 103 Å². The van der Waals surface area contributed by atoms with Crippen molar-refractivity contribution in [1.29, 1.82) is 0 Å². The van der Waals surface area contributed by atoms with Crippen LogP contribution in [0.2, 0.25) is 0 Å². The largest absolute Gasteiger partial charge is 0.453 e. The minimum Gasteiger partial charge on any atom is -0.453 e. The van der Waals surface area contributed by atoms with Crippen molar-refractivity contribution in [2.24, 2.45) is 0 Å². The molecule has 0 bridgehead atoms. The van der Waals surface area contributed by atoms with Crippen LogP contribution in [0.3, 0.4) is 0 Å². The van der Waals surface area contributed by atoms with Crippen molar-refractivity contribution in [1.82, 2.24) is 10.6 Å². The number of ketones is 1. The van der Waals surface area contributed by atoms with Crippen LogP contribution < -0.4 is 10.6 Å². The van der Waals surface area contributed by atoms with Gasteiger partial charge in [-0.15, -0.1) is 0 Å². The normalized spacial score (nSPS) is 11.4. The lowest BCUT2D eigenvalue weighted by atomic mass is 10.0. The van der Waals surface area contributed by atoms with E-state index in [1.165, 1.54) is 14.2 Å². The third-order valence-electron chi connectivity index (χ3n) is 3.26. The fourth-order valence-corrected chi connectivity index (χ4v) is 1.97. The van der Waals surface area contributed by atoms with E-state index in [1.807, 2.05) is 0 Å². The molecule has 2 amide bonds. The van der Waals surface area contributed by atoms with Gasteiger partial charge >= 0.3 is 12.2 Å². The number of hydrogen-bond donors (Lipinski definition) is 2. The van der Waals surface area contributed by atoms with E-state index in [0.717, 1.165) is 12.8 Å². The Bertz CT molecular complexity index is 362. The highest BCUT2D eigenvalue weighted by atomic mass is 16.5. The molecule has 0 unspecified atom stereocenters. The molecule has 0 rings (SSSR count). The Morgan fingerprint density at radius 3 is 2.22 bits per heavy atom. The van der Waals surface area contributed by atoms with Gasteiger partial charge in [-0.2, -0.15) is 0 Å². The molecule has 0 aliphatic heterocycles. The zero-order valence-corrected chi connectivity index (χ0v) is 14.2. The molecule has 2 N–H and O–H groups in total. The van der Waals surface area contributed by atoms with Crippen LogP contribution in [-0.4, -0.2) is 58.5 Å². The molecule has 0 aliphatic carbocycles. The zero-order valence-electron chi connectivity index (χ0n) is 14.2. The molecule has 8 nitrogen and oxygen atoms in total. The molecule has 0 fully saturated rings. The second kappa shape index (κ2) is 13.8. The summed E-state index contributed by atoms with van der Waals surface area (Å²) in [5.74, 6) is -0.0209. The van der Waals surface area contributed by atoms with Crippen LogP contribution in [0.1, 0.15) is 38.5 Å². The maximum atomic E-state index is 12.2. The first kappa shape index (κ1) is 21.2. The van der Waals surface area contributed by atoms with E-state index in [1.54, 1.807) is 7.11 Å². The summed E-state index contributed by atoms with van der Waals surface area (Å²) in [6.45, 7) is 1.07. The molecule has 23 heavy (non-hydrogen) atoms. The molecule has 0 aliphatic rings. The third kappa shape index (κ3) is 11.4. The molecule has 0 spiro atoms. The highest BCUT2D eigenvalue weighted by molar-refractivity contribution is 5.87. The van der Waals surface area contributed by atoms with Gasteiger partial charge in [0.1, 0.15) is 0 Å². The number of amides is 2. The number of nitrogens with one attached hydrogen (secondary N) is 2. The van der Waals surface area contributed by atoms with Crippen LogP contribution >= 0.6 is 0 Å². The molecule has 0 aromatic heterocycles. The minimum absolute atomic E-state index is 0.0209. The summed E-state index contributed by atoms with van der Waals surface area (Å²) in [7, 11) is 4.18. The first-order chi connectivity index (χ1) is 11.0. The van der Waals surface area contributed by atoms with Gasteiger partial charge in [0.05, 0.1) is 20.3 Å². The lowest BCUT2D eigenvalue weighted by Gasteiger charge is -2.17. The van der Waals surface area contributed by atoms with Gasteiger partial charge in [-0.1, -0.05) is 0 Å². The monoisotopic (exact) mass is 332 g/mol. The highest BCUT2D eigenvalue weighted by Gasteiger charge is 2.20. The van der Waals surface area contributed by atoms with Gasteiger partial charge in [0.25, 0.3) is 0 Å². The van der Waals surface area contributed by atoms with Crippen molar-refractivity contribution < 1.29 is 28.6 Å². The molecule has 8 heteroatoms. The van der Waals surface area contributed by atoms with Crippen LogP contribution in [-0.2, 0) is 19.0 Å². The maximum absolute atomic E-state index is 12.2. The van der Waals surface area contributed by atoms with Gasteiger partial charge in [0.2, 0.25) is 0 Å². The Morgan fingerprint density at radius 1 is 0.913 bits per heavy atom. The van der Waals surface area contributed by atoms with E-state index in [-0.39, 0.29) is 5.78 Å². The summed E-state index contributed by atoms with van der Waals surface area (Å²) in [6.07, 6.45) is 2.68. The Hall–Kier alpha value is -1.83. The van der Waals surface area contributed by atoms with Crippen LogP contribution in [0, 0.1) is 0 Å². The standard InChI is InChI=1S/C15H28N2O6/c1-21-11-7-5-9-13(18)12(17-15(20)23-3)8-4-6-10-16-14(19)22-2/h12H,4-11H2,1-3H3,(H,16,19)(H,17,20)/t12-/m0/s1. The molecule has 1 atom stereocenters. The lowest BCUT2D eigenvalue weighted by molar-refractivity contribution is -0.121. The summed E-state index contributed by atoms with van der Waals surface area (Å²) in [6, 6.07) is -0.567. The minimum atomic E-state index is -0.618. The smallest absolute Gasteiger partial charge is 0.407 e. The van der Waals surface area contributed by atoms with Gasteiger partial charge in [-0.3, -0.25) is 4.79 Å². The van der Waals surface area contributed by atoms with Crippen LogP contribution in [0.4, 0.5) is 9.59 Å². The van der Waals surface area contributed by atoms with Gasteiger partial charge in [0.15, 0.2) is 5.78 Å². The molecule has 0 radical (unpaired) electrons. The van der Waals surface area contributed by atoms with Gasteiger partial charge in [-0.05, 0) is 32.1 Å². The van der Waals surface area contributed by atoms with E-state index in [0.29, 0.717) is 38.8 Å². The fraction of sp³-hybridized carbons (Fsp3) is 0.800. The Labute approximate surface area is 137 Å². The van der Waals surface area contributed by atoms with E-state index >= 15 is 0 Å². The molecule has 0 saturated carbocycles. The molecule has 0 heterocycles. The quantitative estimate of drug-likeness (QED) is 0.527. The molecular formula is C15H28N2O6. The van der Waals surface area contributed by atoms with Crippen LogP contribution in [0.15, 0.2) is 0 Å². The number of unbranched alkanes of at least 4 members (excludes halogenated alkanes) is 2. The zero-order chi connectivity index (χ0) is 17.5. The predicted octanol–water partition coefficient (Wildman–Crippen LogP) is 1.62. The summed E-state index contributed by atoms with van der Waals surface area (Å²) in [5, 5.41) is 5.13. The number of carbonyl (C=O) groups is 3. The molecule has 0 saturated heterocycles. The van der Waals surface area contributed by atoms with E-state index in [9.17, 15) is 14.4 Å². The van der Waals surface area contributed by atoms with Crippen molar-refractivity contribution in [3.05, 3.63) is 0 Å². The summed E-state index contributed by atoms with van der Waals surface area (Å²) in [4.78, 5) is 34.4. The number of carbonyl (C=O) groups excluding carboxylic acids is 3. The number of rotatable bonds is 12. The predicted molar refractivity (Wildman–Crippen MR) is 84.3 cm³/mol. The molecule has 0 aromatic rings. The SMILES string of the molecule is COCCCCC(=O)[C@H](CCCCNC(=O)OC)NC(=O)OC. The lowest BCUT2D eigenvalue weighted by Crippen LogP contribution is -2.40. The molecule has 134 valence electrons. The average Bonchev–Trinajstić information content (AvgIpc) is 2.56. The second-order valence-corrected chi connectivity index (χ2v) is 5.02. The van der Waals surface area contributed by atoms with E-state index in [2.05, 4.69) is 20.1 Å². The maximum Gasteiger partial charge on any atom is 0.407 e. The van der Waals surface area contributed by atoms with Crippen LogP contribution in [0.5, 0.6) is 0 Å². The van der Waals surface area contributed by atoms with E-state index < -0.39 is 18.2 Å². The number of ether oxygens (including phenoxy) is 3. The molecular weight excluding hydrogens is 304 g/mol. The Kier molecular flexibility index (Phi) is 12.7. The summed E-state index contributed by atoms with van der Waals surface area (Å²) in [5.41, 5.74) is 0. The summed E-state index contributed by atoms with van der Waals surface area (Å²) >= 11 is 0. The molecule has 0 aromatic carbocycles. The second-order valence-electron chi connectivity index (χ2n) is 5.02. The highest BCUT2D eigenvalue weighted by Crippen LogP contribution is 2.07. The number of alkyl carbamates (subject to hydrolysis) is 2. The Morgan fingerprint density at radius 2 is 1.61 bits per heavy atom. The fourth-order valence-electron chi connectivity index (χ4n) is 1.97. The summed E-state index contributed by atoms with van der Waals surface area (Å²) < 4.78 is 14.0. The number of methoxy groups -OCH3 is 3.